The second-order valence-corrected chi connectivity index (χ2v) is 3.76. The Morgan fingerprint density at radius 3 is 2.80 bits per heavy atom. The largest absolute Gasteiger partial charge is 0.253 e. The van der Waals surface area contributed by atoms with E-state index < -0.39 is 0 Å². The van der Waals surface area contributed by atoms with E-state index in [2.05, 4.69) is 30.1 Å². The van der Waals surface area contributed by atoms with E-state index in [1.807, 2.05) is 6.07 Å². The Hall–Kier alpha value is -3.25. The predicted molar refractivity (Wildman–Crippen MR) is 71.2 cm³/mol. The molecule has 3 heterocycles. The van der Waals surface area contributed by atoms with Gasteiger partial charge in [-0.05, 0) is 28.8 Å². The lowest BCUT2D eigenvalue weighted by Crippen LogP contribution is -2.01. The zero-order chi connectivity index (χ0) is 13.8. The molecule has 0 aliphatic carbocycles. The molecule has 0 N–H and O–H groups in total. The molecule has 8 nitrogen and oxygen atoms in total. The molecule has 0 aliphatic rings. The van der Waals surface area contributed by atoms with Crippen LogP contribution < -0.4 is 0 Å². The van der Waals surface area contributed by atoms with Crippen molar-refractivity contribution in [2.24, 2.45) is 5.11 Å². The molecule has 20 heavy (non-hydrogen) atoms. The van der Waals surface area contributed by atoms with Crippen molar-refractivity contribution < 1.29 is 0 Å². The number of nitrogens with zero attached hydrogens (tertiary/aromatic N) is 8. The van der Waals surface area contributed by atoms with E-state index in [1.54, 1.807) is 47.5 Å². The van der Waals surface area contributed by atoms with E-state index in [-0.39, 0.29) is 5.82 Å². The van der Waals surface area contributed by atoms with Crippen molar-refractivity contribution in [1.82, 2.24) is 24.7 Å². The molecular formula is C12H8N8. The topological polar surface area (TPSA) is 105 Å². The Morgan fingerprint density at radius 1 is 1.15 bits per heavy atom. The van der Waals surface area contributed by atoms with Gasteiger partial charge in [0.1, 0.15) is 11.5 Å². The summed E-state index contributed by atoms with van der Waals surface area (Å²) in [5.41, 5.74) is 9.16. The average molecular weight is 264 g/mol. The summed E-state index contributed by atoms with van der Waals surface area (Å²) in [5.74, 6) is 1.10. The van der Waals surface area contributed by atoms with Crippen molar-refractivity contribution in [3.63, 3.8) is 0 Å². The van der Waals surface area contributed by atoms with Gasteiger partial charge >= 0.3 is 0 Å². The molecule has 3 aromatic rings. The van der Waals surface area contributed by atoms with Gasteiger partial charge in [0.05, 0.1) is 0 Å². The maximum atomic E-state index is 8.56. The molecule has 8 heteroatoms. The minimum atomic E-state index is 0.216. The van der Waals surface area contributed by atoms with Gasteiger partial charge in [0.25, 0.3) is 0 Å². The molecular weight excluding hydrogens is 256 g/mol. The van der Waals surface area contributed by atoms with Crippen LogP contribution in [0, 0.1) is 0 Å². The lowest BCUT2D eigenvalue weighted by molar-refractivity contribution is 0.840. The summed E-state index contributed by atoms with van der Waals surface area (Å²) in [4.78, 5) is 15.5. The van der Waals surface area contributed by atoms with Crippen LogP contribution in [0.25, 0.3) is 27.8 Å². The van der Waals surface area contributed by atoms with Gasteiger partial charge in [-0.25, -0.2) is 14.6 Å². The molecule has 96 valence electrons. The Kier molecular flexibility index (Phi) is 3.05. The summed E-state index contributed by atoms with van der Waals surface area (Å²) >= 11 is 0. The first-order valence-electron chi connectivity index (χ1n) is 5.72. The minimum absolute atomic E-state index is 0.216. The van der Waals surface area contributed by atoms with Gasteiger partial charge in [0.15, 0.2) is 11.6 Å². The Bertz CT molecular complexity index is 759. The van der Waals surface area contributed by atoms with E-state index in [9.17, 15) is 0 Å². The normalized spacial score (nSPS) is 10.0. The minimum Gasteiger partial charge on any atom is -0.253 e. The van der Waals surface area contributed by atoms with E-state index >= 15 is 0 Å². The quantitative estimate of drug-likeness (QED) is 0.411. The van der Waals surface area contributed by atoms with E-state index in [0.29, 0.717) is 17.3 Å². The second-order valence-electron chi connectivity index (χ2n) is 3.76. The first-order valence-corrected chi connectivity index (χ1v) is 5.72. The third-order valence-electron chi connectivity index (χ3n) is 2.48. The van der Waals surface area contributed by atoms with E-state index in [1.165, 1.54) is 0 Å². The summed E-state index contributed by atoms with van der Waals surface area (Å²) in [6.07, 6.45) is 5.02. The number of hydrogen-bond acceptors (Lipinski definition) is 5. The molecule has 0 aliphatic heterocycles. The van der Waals surface area contributed by atoms with Gasteiger partial charge in [0, 0.05) is 29.6 Å². The molecule has 0 amide bonds. The molecule has 0 fully saturated rings. The van der Waals surface area contributed by atoms with Crippen molar-refractivity contribution in [3.05, 3.63) is 59.4 Å². The van der Waals surface area contributed by atoms with Crippen LogP contribution in [0.15, 0.2) is 54.0 Å². The van der Waals surface area contributed by atoms with Crippen molar-refractivity contribution in [2.45, 2.75) is 0 Å². The van der Waals surface area contributed by atoms with Crippen LogP contribution >= 0.6 is 0 Å². The zero-order valence-corrected chi connectivity index (χ0v) is 10.2. The molecule has 0 saturated carbocycles. The lowest BCUT2D eigenvalue weighted by atomic mass is 10.3. The molecule has 0 aromatic carbocycles. The number of pyridine rings is 1. The van der Waals surface area contributed by atoms with Crippen molar-refractivity contribution in [1.29, 1.82) is 0 Å². The van der Waals surface area contributed by atoms with Crippen LogP contribution in [0.2, 0.25) is 0 Å². The van der Waals surface area contributed by atoms with Crippen LogP contribution in [0.4, 0.5) is 5.82 Å². The number of hydrogen-bond donors (Lipinski definition) is 0. The summed E-state index contributed by atoms with van der Waals surface area (Å²) in [7, 11) is 0. The van der Waals surface area contributed by atoms with Gasteiger partial charge in [-0.3, -0.25) is 4.98 Å². The molecule has 0 saturated heterocycles. The number of rotatable bonds is 3. The van der Waals surface area contributed by atoms with Crippen molar-refractivity contribution in [3.8, 4) is 17.3 Å². The monoisotopic (exact) mass is 264 g/mol. The summed E-state index contributed by atoms with van der Waals surface area (Å²) in [5, 5.41) is 7.62. The molecule has 0 radical (unpaired) electrons. The number of azide groups is 1. The maximum absolute atomic E-state index is 8.56. The molecule has 0 atom stereocenters. The van der Waals surface area contributed by atoms with E-state index in [0.717, 1.165) is 0 Å². The average Bonchev–Trinajstić information content (AvgIpc) is 3.02. The standard InChI is InChI=1S/C12H8N8/c13-19-18-10-8-11(20-7-3-6-15-20)17-12(16-10)9-4-1-2-5-14-9/h1-8H. The highest BCUT2D eigenvalue weighted by Crippen LogP contribution is 2.19. The van der Waals surface area contributed by atoms with Crippen LogP contribution in [-0.2, 0) is 0 Å². The number of aromatic nitrogens is 5. The highest BCUT2D eigenvalue weighted by molar-refractivity contribution is 5.53. The Morgan fingerprint density at radius 2 is 2.10 bits per heavy atom. The predicted octanol–water partition coefficient (Wildman–Crippen LogP) is 2.67. The highest BCUT2D eigenvalue weighted by Gasteiger charge is 2.08. The molecule has 0 bridgehead atoms. The Balaban J connectivity index is 2.17. The van der Waals surface area contributed by atoms with Crippen molar-refractivity contribution >= 4 is 5.82 Å². The van der Waals surface area contributed by atoms with Crippen LogP contribution in [0.3, 0.4) is 0 Å². The maximum Gasteiger partial charge on any atom is 0.180 e. The van der Waals surface area contributed by atoms with Crippen LogP contribution in [0.5, 0.6) is 0 Å². The fourth-order valence-corrected chi connectivity index (χ4v) is 1.65. The third-order valence-corrected chi connectivity index (χ3v) is 2.48. The smallest absolute Gasteiger partial charge is 0.180 e. The van der Waals surface area contributed by atoms with Gasteiger partial charge < -0.3 is 0 Å². The molecule has 0 spiro atoms. The van der Waals surface area contributed by atoms with Crippen LogP contribution in [-0.4, -0.2) is 24.7 Å². The fourth-order valence-electron chi connectivity index (χ4n) is 1.65. The first-order chi connectivity index (χ1) is 9.86. The Labute approximate surface area is 113 Å². The summed E-state index contributed by atoms with van der Waals surface area (Å²) in [6, 6.07) is 8.74. The fraction of sp³-hybridized carbons (Fsp3) is 0. The van der Waals surface area contributed by atoms with Crippen molar-refractivity contribution in [2.75, 3.05) is 0 Å². The third kappa shape index (κ3) is 2.31. The van der Waals surface area contributed by atoms with Gasteiger partial charge in [-0.2, -0.15) is 5.10 Å². The van der Waals surface area contributed by atoms with Gasteiger partial charge in [0.2, 0.25) is 0 Å². The zero-order valence-electron chi connectivity index (χ0n) is 10.2. The highest BCUT2D eigenvalue weighted by atomic mass is 15.3. The first kappa shape index (κ1) is 11.8. The SMILES string of the molecule is [N-]=[N+]=Nc1cc(-n2cccn2)nc(-c2ccccn2)n1. The molecule has 0 unspecified atom stereocenters. The van der Waals surface area contributed by atoms with Gasteiger partial charge in [-0.15, -0.1) is 0 Å². The molecule has 3 rings (SSSR count). The van der Waals surface area contributed by atoms with Gasteiger partial charge in [-0.1, -0.05) is 6.07 Å². The van der Waals surface area contributed by atoms with Crippen LogP contribution in [0.1, 0.15) is 0 Å². The lowest BCUT2D eigenvalue weighted by Gasteiger charge is -2.05. The summed E-state index contributed by atoms with van der Waals surface area (Å²) in [6.45, 7) is 0. The molecule has 3 aromatic heterocycles. The van der Waals surface area contributed by atoms with E-state index in [4.69, 9.17) is 5.53 Å². The summed E-state index contributed by atoms with van der Waals surface area (Å²) < 4.78 is 1.56. The second kappa shape index (κ2) is 5.17.